The van der Waals surface area contributed by atoms with Crippen LogP contribution in [0, 0.1) is 20.8 Å². The third-order valence-corrected chi connectivity index (χ3v) is 11.3. The van der Waals surface area contributed by atoms with Gasteiger partial charge in [-0.15, -0.1) is 0 Å². The van der Waals surface area contributed by atoms with Gasteiger partial charge in [0.2, 0.25) is 0 Å². The maximum atomic E-state index is 14.0. The Kier molecular flexibility index (Phi) is 9.06. The summed E-state index contributed by atoms with van der Waals surface area (Å²) in [6.45, 7) is 5.70. The average molecular weight is 842 g/mol. The zero-order chi connectivity index (χ0) is 23.8. The van der Waals surface area contributed by atoms with Crippen molar-refractivity contribution in [1.82, 2.24) is 0 Å². The van der Waals surface area contributed by atoms with E-state index in [0.29, 0.717) is 30.7 Å². The van der Waals surface area contributed by atoms with Gasteiger partial charge in [0.05, 0.1) is 13.4 Å². The van der Waals surface area contributed by atoms with Crippen LogP contribution < -0.4 is 13.6 Å². The molecule has 0 aliphatic carbocycles. The van der Waals surface area contributed by atoms with Crippen molar-refractivity contribution in [3.63, 3.8) is 0 Å². The number of hydrogen-bond donors (Lipinski definition) is 0. The van der Waals surface area contributed by atoms with Crippen molar-refractivity contribution in [3.05, 3.63) is 79.9 Å². The predicted molar refractivity (Wildman–Crippen MR) is 149 cm³/mol. The van der Waals surface area contributed by atoms with Gasteiger partial charge < -0.3 is 13.6 Å². The molecule has 0 radical (unpaired) electrons. The number of rotatable bonds is 6. The van der Waals surface area contributed by atoms with Gasteiger partial charge in [-0.25, -0.2) is 0 Å². The van der Waals surface area contributed by atoms with Crippen LogP contribution in [0.2, 0.25) is 0 Å². The molecule has 0 saturated heterocycles. The minimum atomic E-state index is -4.21. The summed E-state index contributed by atoms with van der Waals surface area (Å²) in [5, 5.41) is 0. The van der Waals surface area contributed by atoms with E-state index in [4.69, 9.17) is 13.6 Å². The lowest BCUT2D eigenvalue weighted by Gasteiger charge is -2.22. The molecule has 3 aromatic rings. The van der Waals surface area contributed by atoms with Gasteiger partial charge in [-0.2, -0.15) is 4.57 Å². The summed E-state index contributed by atoms with van der Waals surface area (Å²) < 4.78 is 36.3. The van der Waals surface area contributed by atoms with Crippen molar-refractivity contribution in [3.8, 4) is 17.2 Å². The smallest absolute Gasteiger partial charge is 0.385 e. The van der Waals surface area contributed by atoms with E-state index >= 15 is 0 Å². The highest BCUT2D eigenvalue weighted by molar-refractivity contribution is 9.11. The number of hydrogen-bond acceptors (Lipinski definition) is 4. The molecule has 32 heavy (non-hydrogen) atoms. The van der Waals surface area contributed by atoms with Gasteiger partial charge in [-0.1, -0.05) is 47.8 Å². The fraction of sp³-hybridized carbons (Fsp3) is 0.143. The van der Waals surface area contributed by atoms with Crippen molar-refractivity contribution in [2.45, 2.75) is 20.8 Å². The standard InChI is InChI=1S/C21H15Br6O4P/c1-10-13(22)4-7-16(19(10)25)29-32(28,30-17-8-5-14(23)11(2)20(17)26)31-18-9-6-15(24)12(3)21(18)27/h4-9H,1-3H3. The van der Waals surface area contributed by atoms with Crippen LogP contribution in [0.5, 0.6) is 17.2 Å². The van der Waals surface area contributed by atoms with Crippen LogP contribution in [0.3, 0.4) is 0 Å². The summed E-state index contributed by atoms with van der Waals surface area (Å²) in [5.41, 5.74) is 2.65. The van der Waals surface area contributed by atoms with Crippen molar-refractivity contribution >= 4 is 103 Å². The second-order valence-electron chi connectivity index (χ2n) is 6.67. The van der Waals surface area contributed by atoms with Crippen molar-refractivity contribution in [2.75, 3.05) is 0 Å². The predicted octanol–water partition coefficient (Wildman–Crippen LogP) is 10.8. The fourth-order valence-corrected chi connectivity index (χ4v) is 7.27. The number of halogens is 6. The molecule has 170 valence electrons. The summed E-state index contributed by atoms with van der Waals surface area (Å²) in [6, 6.07) is 10.5. The largest absolute Gasteiger partial charge is 0.647 e. The van der Waals surface area contributed by atoms with Crippen LogP contribution in [-0.4, -0.2) is 0 Å². The Morgan fingerprint density at radius 2 is 0.781 bits per heavy atom. The Bertz CT molecular complexity index is 1100. The van der Waals surface area contributed by atoms with Crippen LogP contribution >= 0.6 is 103 Å². The Hall–Kier alpha value is 0.170. The average Bonchev–Trinajstić information content (AvgIpc) is 2.75. The van der Waals surface area contributed by atoms with Gasteiger partial charge in [-0.05, 0) is 122 Å². The SMILES string of the molecule is Cc1c(Br)ccc(OP(=O)(Oc2ccc(Br)c(C)c2Br)Oc2ccc(Br)c(C)c2Br)c1Br. The van der Waals surface area contributed by atoms with Gasteiger partial charge in [0.15, 0.2) is 0 Å². The third kappa shape index (κ3) is 5.86. The number of benzene rings is 3. The van der Waals surface area contributed by atoms with E-state index in [9.17, 15) is 4.57 Å². The maximum absolute atomic E-state index is 14.0. The first-order valence-electron chi connectivity index (χ1n) is 8.96. The molecule has 4 nitrogen and oxygen atoms in total. The number of phosphoric ester groups is 1. The topological polar surface area (TPSA) is 44.8 Å². The highest BCUT2D eigenvalue weighted by Crippen LogP contribution is 2.54. The Labute approximate surface area is 237 Å². The van der Waals surface area contributed by atoms with Crippen molar-refractivity contribution in [2.24, 2.45) is 0 Å². The van der Waals surface area contributed by atoms with Crippen LogP contribution in [0.25, 0.3) is 0 Å². The Morgan fingerprint density at radius 1 is 0.531 bits per heavy atom. The summed E-state index contributed by atoms with van der Waals surface area (Å²) in [6.07, 6.45) is 0. The molecule has 0 saturated carbocycles. The Morgan fingerprint density at radius 3 is 1.03 bits per heavy atom. The normalized spacial score (nSPS) is 11.4. The minimum Gasteiger partial charge on any atom is -0.385 e. The van der Waals surface area contributed by atoms with Gasteiger partial charge >= 0.3 is 7.82 Å². The van der Waals surface area contributed by atoms with Gasteiger partial charge in [0.25, 0.3) is 0 Å². The minimum absolute atomic E-state index is 0.323. The molecule has 0 aliphatic heterocycles. The molecule has 0 bridgehead atoms. The first-order chi connectivity index (χ1) is 14.9. The highest BCUT2D eigenvalue weighted by Gasteiger charge is 2.36. The van der Waals surface area contributed by atoms with Crippen LogP contribution in [0.15, 0.2) is 63.2 Å². The zero-order valence-electron chi connectivity index (χ0n) is 16.8. The molecule has 0 heterocycles. The van der Waals surface area contributed by atoms with Crippen LogP contribution in [-0.2, 0) is 4.57 Å². The first kappa shape index (κ1) is 26.8. The highest BCUT2D eigenvalue weighted by atomic mass is 79.9. The first-order valence-corrected chi connectivity index (χ1v) is 15.2. The molecule has 0 atom stereocenters. The zero-order valence-corrected chi connectivity index (χ0v) is 27.2. The summed E-state index contributed by atoms with van der Waals surface area (Å²) >= 11 is 21.0. The van der Waals surface area contributed by atoms with E-state index < -0.39 is 7.82 Å². The van der Waals surface area contributed by atoms with Crippen molar-refractivity contribution in [1.29, 1.82) is 0 Å². The quantitative estimate of drug-likeness (QED) is 0.232. The monoisotopic (exact) mass is 836 g/mol. The van der Waals surface area contributed by atoms with E-state index in [2.05, 4.69) is 95.6 Å². The fourth-order valence-electron chi connectivity index (χ4n) is 2.54. The van der Waals surface area contributed by atoms with E-state index in [1.165, 1.54) is 0 Å². The lowest BCUT2D eigenvalue weighted by Crippen LogP contribution is -2.09. The molecule has 0 aromatic heterocycles. The van der Waals surface area contributed by atoms with Gasteiger partial charge in [0.1, 0.15) is 17.2 Å². The second kappa shape index (κ2) is 10.8. The molecule has 0 spiro atoms. The molecule has 0 aliphatic rings. The van der Waals surface area contributed by atoms with Crippen LogP contribution in [0.1, 0.15) is 16.7 Å². The Balaban J connectivity index is 2.09. The second-order valence-corrected chi connectivity index (χ2v) is 13.1. The van der Waals surface area contributed by atoms with Crippen LogP contribution in [0.4, 0.5) is 0 Å². The molecule has 0 fully saturated rings. The van der Waals surface area contributed by atoms with E-state index in [0.717, 1.165) is 30.1 Å². The molecule has 0 amide bonds. The lowest BCUT2D eigenvalue weighted by molar-refractivity contribution is 0.296. The molecule has 0 N–H and O–H groups in total. The third-order valence-electron chi connectivity index (χ3n) is 4.48. The summed E-state index contributed by atoms with van der Waals surface area (Å²) in [4.78, 5) is 0. The maximum Gasteiger partial charge on any atom is 0.647 e. The number of phosphoric acid groups is 1. The molecule has 3 aromatic carbocycles. The van der Waals surface area contributed by atoms with Gasteiger partial charge in [0, 0.05) is 13.4 Å². The molecule has 11 heteroatoms. The lowest BCUT2D eigenvalue weighted by atomic mass is 10.2. The molecular formula is C21H15Br6O4P. The van der Waals surface area contributed by atoms with E-state index in [1.54, 1.807) is 36.4 Å². The van der Waals surface area contributed by atoms with E-state index in [-0.39, 0.29) is 0 Å². The van der Waals surface area contributed by atoms with Gasteiger partial charge in [-0.3, -0.25) is 0 Å². The van der Waals surface area contributed by atoms with Crippen molar-refractivity contribution < 1.29 is 18.1 Å². The molecule has 3 rings (SSSR count). The van der Waals surface area contributed by atoms with E-state index in [1.807, 2.05) is 20.8 Å². The summed E-state index contributed by atoms with van der Waals surface area (Å²) in [5.74, 6) is 0.969. The molecule has 0 unspecified atom stereocenters. The summed E-state index contributed by atoms with van der Waals surface area (Å²) in [7, 11) is -4.21. The molecular weight excluding hydrogens is 827 g/mol.